The van der Waals surface area contributed by atoms with Crippen molar-refractivity contribution in [3.63, 3.8) is 0 Å². The molecular weight excluding hydrogens is 274 g/mol. The quantitative estimate of drug-likeness (QED) is 0.653. The number of aromatic nitrogens is 1. The van der Waals surface area contributed by atoms with Gasteiger partial charge in [-0.2, -0.15) is 0 Å². The lowest BCUT2D eigenvalue weighted by molar-refractivity contribution is 0.0979. The van der Waals surface area contributed by atoms with Crippen LogP contribution in [0.4, 0.5) is 0 Å². The molecule has 3 aromatic rings. The minimum atomic E-state index is -0.134. The van der Waals surface area contributed by atoms with Crippen LogP contribution < -0.4 is 0 Å². The molecule has 1 aromatic heterocycles. The smallest absolute Gasteiger partial charge is 0.210 e. The van der Waals surface area contributed by atoms with E-state index in [-0.39, 0.29) is 5.78 Å². The molecule has 3 nitrogen and oxygen atoms in total. The van der Waals surface area contributed by atoms with E-state index in [1.165, 1.54) is 6.92 Å². The molecule has 3 heteroatoms. The minimum Gasteiger partial charge on any atom is -0.352 e. The van der Waals surface area contributed by atoms with Crippen molar-refractivity contribution >= 4 is 17.9 Å². The standard InChI is InChI=1S/C19H15NO2/c1-14(21)19-18(16-10-6-3-7-11-16)17(20-22-19)13-12-15-8-4-2-5-9-15/h2-13H,1H3/b13-12+. The Kier molecular flexibility index (Phi) is 3.97. The average Bonchev–Trinajstić information content (AvgIpc) is 2.99. The highest BCUT2D eigenvalue weighted by atomic mass is 16.5. The third kappa shape index (κ3) is 2.88. The maximum atomic E-state index is 11.8. The summed E-state index contributed by atoms with van der Waals surface area (Å²) in [5.74, 6) is 0.157. The summed E-state index contributed by atoms with van der Waals surface area (Å²) in [6, 6.07) is 19.6. The summed E-state index contributed by atoms with van der Waals surface area (Å²) in [6.07, 6.45) is 3.82. The number of nitrogens with zero attached hydrogens (tertiary/aromatic N) is 1. The third-order valence-electron chi connectivity index (χ3n) is 3.33. The maximum Gasteiger partial charge on any atom is 0.210 e. The van der Waals surface area contributed by atoms with Crippen molar-refractivity contribution in [3.05, 3.63) is 77.7 Å². The summed E-state index contributed by atoms with van der Waals surface area (Å²) in [4.78, 5) is 11.8. The molecule has 0 unspecified atom stereocenters. The van der Waals surface area contributed by atoms with Gasteiger partial charge >= 0.3 is 0 Å². The molecule has 0 amide bonds. The summed E-state index contributed by atoms with van der Waals surface area (Å²) in [5, 5.41) is 4.05. The van der Waals surface area contributed by atoms with E-state index in [1.54, 1.807) is 0 Å². The lowest BCUT2D eigenvalue weighted by Crippen LogP contribution is -1.92. The van der Waals surface area contributed by atoms with Gasteiger partial charge < -0.3 is 4.52 Å². The Hall–Kier alpha value is -2.94. The SMILES string of the molecule is CC(=O)c1onc(/C=C/c2ccccc2)c1-c1ccccc1. The monoisotopic (exact) mass is 289 g/mol. The Bertz CT molecular complexity index is 802. The Balaban J connectivity index is 2.05. The summed E-state index contributed by atoms with van der Waals surface area (Å²) in [7, 11) is 0. The lowest BCUT2D eigenvalue weighted by atomic mass is 10.0. The van der Waals surface area contributed by atoms with Crippen LogP contribution in [0.1, 0.15) is 28.7 Å². The molecule has 0 aliphatic heterocycles. The second-order valence-electron chi connectivity index (χ2n) is 4.94. The van der Waals surface area contributed by atoms with Crippen LogP contribution in [0, 0.1) is 0 Å². The number of benzene rings is 2. The summed E-state index contributed by atoms with van der Waals surface area (Å²) < 4.78 is 5.25. The van der Waals surface area contributed by atoms with Crippen LogP contribution in [0.3, 0.4) is 0 Å². The maximum absolute atomic E-state index is 11.8. The normalized spacial score (nSPS) is 11.0. The second kappa shape index (κ2) is 6.22. The molecule has 0 radical (unpaired) electrons. The van der Waals surface area contributed by atoms with Gasteiger partial charge in [0.1, 0.15) is 5.69 Å². The molecular formula is C19H15NO2. The first-order valence-electron chi connectivity index (χ1n) is 7.05. The molecule has 0 N–H and O–H groups in total. The van der Waals surface area contributed by atoms with Crippen molar-refractivity contribution in [1.82, 2.24) is 5.16 Å². The van der Waals surface area contributed by atoms with E-state index in [9.17, 15) is 4.79 Å². The zero-order chi connectivity index (χ0) is 15.4. The molecule has 0 aliphatic rings. The predicted molar refractivity (Wildman–Crippen MR) is 87.3 cm³/mol. The number of carbonyl (C=O) groups is 1. The van der Waals surface area contributed by atoms with Crippen LogP contribution in [0.25, 0.3) is 23.3 Å². The fourth-order valence-corrected chi connectivity index (χ4v) is 2.28. The van der Waals surface area contributed by atoms with Crippen LogP contribution in [0.15, 0.2) is 65.2 Å². The number of hydrogen-bond donors (Lipinski definition) is 0. The highest BCUT2D eigenvalue weighted by molar-refractivity contribution is 6.00. The highest BCUT2D eigenvalue weighted by Gasteiger charge is 2.19. The van der Waals surface area contributed by atoms with Crippen LogP contribution in [-0.4, -0.2) is 10.9 Å². The van der Waals surface area contributed by atoms with Gasteiger partial charge in [0.15, 0.2) is 5.78 Å². The van der Waals surface area contributed by atoms with E-state index in [0.29, 0.717) is 11.5 Å². The number of rotatable bonds is 4. The molecule has 1 heterocycles. The molecule has 108 valence electrons. The van der Waals surface area contributed by atoms with E-state index in [4.69, 9.17) is 4.52 Å². The van der Waals surface area contributed by atoms with Crippen LogP contribution >= 0.6 is 0 Å². The van der Waals surface area contributed by atoms with Crippen molar-refractivity contribution in [3.8, 4) is 11.1 Å². The highest BCUT2D eigenvalue weighted by Crippen LogP contribution is 2.29. The lowest BCUT2D eigenvalue weighted by Gasteiger charge is -2.00. The summed E-state index contributed by atoms with van der Waals surface area (Å²) in [5.41, 5.74) is 3.37. The molecule has 0 fully saturated rings. The van der Waals surface area contributed by atoms with Gasteiger partial charge in [0.05, 0.1) is 5.56 Å². The summed E-state index contributed by atoms with van der Waals surface area (Å²) >= 11 is 0. The first-order chi connectivity index (χ1) is 10.8. The molecule has 0 atom stereocenters. The van der Waals surface area contributed by atoms with E-state index in [2.05, 4.69) is 5.16 Å². The molecule has 22 heavy (non-hydrogen) atoms. The van der Waals surface area contributed by atoms with Gasteiger partial charge in [-0.3, -0.25) is 4.79 Å². The molecule has 0 saturated heterocycles. The van der Waals surface area contributed by atoms with E-state index in [1.807, 2.05) is 72.8 Å². The molecule has 2 aromatic carbocycles. The Morgan fingerprint density at radius 2 is 1.59 bits per heavy atom. The van der Waals surface area contributed by atoms with Gasteiger partial charge in [-0.05, 0) is 17.2 Å². The van der Waals surface area contributed by atoms with Crippen LogP contribution in [0.2, 0.25) is 0 Å². The van der Waals surface area contributed by atoms with Gasteiger partial charge in [0.25, 0.3) is 0 Å². The average molecular weight is 289 g/mol. The molecule has 0 aliphatic carbocycles. The zero-order valence-corrected chi connectivity index (χ0v) is 12.2. The van der Waals surface area contributed by atoms with Crippen molar-refractivity contribution in [1.29, 1.82) is 0 Å². The minimum absolute atomic E-state index is 0.134. The van der Waals surface area contributed by atoms with E-state index >= 15 is 0 Å². The second-order valence-corrected chi connectivity index (χ2v) is 4.94. The molecule has 0 spiro atoms. The van der Waals surface area contributed by atoms with Gasteiger partial charge in [-0.15, -0.1) is 0 Å². The van der Waals surface area contributed by atoms with Crippen LogP contribution in [-0.2, 0) is 0 Å². The van der Waals surface area contributed by atoms with Crippen molar-refractivity contribution in [2.24, 2.45) is 0 Å². The Labute approximate surface area is 128 Å². The predicted octanol–water partition coefficient (Wildman–Crippen LogP) is 4.71. The Morgan fingerprint density at radius 3 is 2.23 bits per heavy atom. The first-order valence-corrected chi connectivity index (χ1v) is 7.05. The van der Waals surface area contributed by atoms with Gasteiger partial charge in [-0.1, -0.05) is 71.9 Å². The van der Waals surface area contributed by atoms with E-state index < -0.39 is 0 Å². The molecule has 0 bridgehead atoms. The Morgan fingerprint density at radius 1 is 0.955 bits per heavy atom. The van der Waals surface area contributed by atoms with Gasteiger partial charge in [0, 0.05) is 6.92 Å². The van der Waals surface area contributed by atoms with Crippen molar-refractivity contribution < 1.29 is 9.32 Å². The fraction of sp³-hybridized carbons (Fsp3) is 0.0526. The molecule has 3 rings (SSSR count). The number of hydrogen-bond acceptors (Lipinski definition) is 3. The number of Topliss-reactive ketones (excluding diaryl/α,β-unsaturated/α-hetero) is 1. The first kappa shape index (κ1) is 14.0. The largest absolute Gasteiger partial charge is 0.352 e. The third-order valence-corrected chi connectivity index (χ3v) is 3.33. The zero-order valence-electron chi connectivity index (χ0n) is 12.2. The van der Waals surface area contributed by atoms with Gasteiger partial charge in [0.2, 0.25) is 5.76 Å². The van der Waals surface area contributed by atoms with E-state index in [0.717, 1.165) is 16.7 Å². The molecule has 0 saturated carbocycles. The van der Waals surface area contributed by atoms with Crippen molar-refractivity contribution in [2.75, 3.05) is 0 Å². The fourth-order valence-electron chi connectivity index (χ4n) is 2.28. The summed E-state index contributed by atoms with van der Waals surface area (Å²) in [6.45, 7) is 1.48. The number of ketones is 1. The van der Waals surface area contributed by atoms with Gasteiger partial charge in [-0.25, -0.2) is 0 Å². The topological polar surface area (TPSA) is 43.1 Å². The number of carbonyl (C=O) groups excluding carboxylic acids is 1. The van der Waals surface area contributed by atoms with Crippen LogP contribution in [0.5, 0.6) is 0 Å². The van der Waals surface area contributed by atoms with Crippen molar-refractivity contribution in [2.45, 2.75) is 6.92 Å².